The highest BCUT2D eigenvalue weighted by molar-refractivity contribution is 7.89. The van der Waals surface area contributed by atoms with Crippen LogP contribution < -0.4 is 0 Å². The normalized spacial score (nSPS) is 30.5. The molecule has 6 nitrogen and oxygen atoms in total. The van der Waals surface area contributed by atoms with Crippen molar-refractivity contribution in [1.82, 2.24) is 4.31 Å². The maximum atomic E-state index is 13.0. The summed E-state index contributed by atoms with van der Waals surface area (Å²) in [7, 11) is -2.69. The second-order valence-electron chi connectivity index (χ2n) is 9.00. The Balaban J connectivity index is 1.33. The maximum absolute atomic E-state index is 13.0. The number of likely N-dealkylation sites (N-methyl/N-ethyl adjacent to an activating group) is 1. The SMILES string of the molecule is CN(CC(=O)OCC(=O)C12CC3CC(CC(C3)C1)C2)S(=O)(=O)c1ccc(F)cc1. The molecule has 0 amide bonds. The molecule has 0 saturated heterocycles. The number of ketones is 1. The summed E-state index contributed by atoms with van der Waals surface area (Å²) in [5, 5.41) is 0. The minimum Gasteiger partial charge on any atom is -0.457 e. The number of esters is 1. The lowest BCUT2D eigenvalue weighted by Gasteiger charge is -2.55. The maximum Gasteiger partial charge on any atom is 0.321 e. The summed E-state index contributed by atoms with van der Waals surface area (Å²) in [6.45, 7) is -0.802. The quantitative estimate of drug-likeness (QED) is 0.630. The minimum atomic E-state index is -3.95. The summed E-state index contributed by atoms with van der Waals surface area (Å²) in [5.41, 5.74) is -0.346. The van der Waals surface area contributed by atoms with Gasteiger partial charge in [-0.2, -0.15) is 4.31 Å². The van der Waals surface area contributed by atoms with E-state index >= 15 is 0 Å². The molecule has 4 saturated carbocycles. The molecule has 5 rings (SSSR count). The fraction of sp³-hybridized carbons (Fsp3) is 0.619. The van der Waals surface area contributed by atoms with Crippen molar-refractivity contribution in [3.05, 3.63) is 30.1 Å². The van der Waals surface area contributed by atoms with Gasteiger partial charge in [0.1, 0.15) is 12.4 Å². The van der Waals surface area contributed by atoms with E-state index in [0.29, 0.717) is 17.8 Å². The molecule has 0 heterocycles. The number of halogens is 1. The van der Waals surface area contributed by atoms with Crippen molar-refractivity contribution in [2.75, 3.05) is 20.2 Å². The molecule has 0 spiro atoms. The fourth-order valence-corrected chi connectivity index (χ4v) is 6.97. The third-order valence-electron chi connectivity index (χ3n) is 6.87. The van der Waals surface area contributed by atoms with Gasteiger partial charge in [0.05, 0.1) is 4.90 Å². The zero-order valence-corrected chi connectivity index (χ0v) is 17.3. The van der Waals surface area contributed by atoms with E-state index in [-0.39, 0.29) is 22.7 Å². The van der Waals surface area contributed by atoms with Crippen LogP contribution in [-0.2, 0) is 24.3 Å². The molecule has 29 heavy (non-hydrogen) atoms. The number of Topliss-reactive ketones (excluding diaryl/α,β-unsaturated/α-hetero) is 1. The van der Waals surface area contributed by atoms with E-state index in [4.69, 9.17) is 4.74 Å². The molecule has 0 aliphatic heterocycles. The van der Waals surface area contributed by atoms with Crippen molar-refractivity contribution >= 4 is 21.8 Å². The molecular formula is C21H26FNO5S. The van der Waals surface area contributed by atoms with Crippen molar-refractivity contribution < 1.29 is 27.1 Å². The largest absolute Gasteiger partial charge is 0.457 e. The topological polar surface area (TPSA) is 80.8 Å². The zero-order chi connectivity index (χ0) is 20.8. The molecular weight excluding hydrogens is 397 g/mol. The van der Waals surface area contributed by atoms with Crippen molar-refractivity contribution in [1.29, 1.82) is 0 Å². The summed E-state index contributed by atoms with van der Waals surface area (Å²) in [6.07, 6.45) is 6.35. The number of hydrogen-bond acceptors (Lipinski definition) is 5. The number of rotatable bonds is 7. The Morgan fingerprint density at radius 1 is 1.07 bits per heavy atom. The molecule has 0 unspecified atom stereocenters. The van der Waals surface area contributed by atoms with E-state index in [9.17, 15) is 22.4 Å². The van der Waals surface area contributed by atoms with Gasteiger partial charge in [0.15, 0.2) is 12.4 Å². The zero-order valence-electron chi connectivity index (χ0n) is 16.5. The molecule has 0 aromatic heterocycles. The van der Waals surface area contributed by atoms with E-state index in [1.165, 1.54) is 26.3 Å². The van der Waals surface area contributed by atoms with E-state index in [1.54, 1.807) is 0 Å². The third-order valence-corrected chi connectivity index (χ3v) is 8.69. The van der Waals surface area contributed by atoms with Crippen LogP contribution in [0.3, 0.4) is 0 Å². The van der Waals surface area contributed by atoms with Gasteiger partial charge in [-0.15, -0.1) is 0 Å². The molecule has 4 aliphatic carbocycles. The lowest BCUT2D eigenvalue weighted by atomic mass is 9.48. The van der Waals surface area contributed by atoms with Gasteiger partial charge in [0.2, 0.25) is 10.0 Å². The van der Waals surface area contributed by atoms with E-state index in [0.717, 1.165) is 47.8 Å². The standard InChI is InChI=1S/C21H26FNO5S/c1-23(29(26,27)18-4-2-17(22)3-5-18)12-20(25)28-13-19(24)21-9-14-6-15(10-21)8-16(7-14)11-21/h2-5,14-16H,6-13H2,1H3. The Morgan fingerprint density at radius 3 is 2.10 bits per heavy atom. The molecule has 158 valence electrons. The Morgan fingerprint density at radius 2 is 1.59 bits per heavy atom. The highest BCUT2D eigenvalue weighted by Gasteiger charge is 2.54. The predicted octanol–water partition coefficient (Wildman–Crippen LogP) is 2.77. The Kier molecular flexibility index (Phi) is 5.27. The highest BCUT2D eigenvalue weighted by Crippen LogP contribution is 2.60. The first-order valence-electron chi connectivity index (χ1n) is 10.1. The monoisotopic (exact) mass is 423 g/mol. The van der Waals surface area contributed by atoms with Gasteiger partial charge >= 0.3 is 5.97 Å². The summed E-state index contributed by atoms with van der Waals surface area (Å²) < 4.78 is 44.0. The Labute approximate surface area is 170 Å². The third kappa shape index (κ3) is 3.97. The summed E-state index contributed by atoms with van der Waals surface area (Å²) in [5.74, 6) is 0.521. The lowest BCUT2D eigenvalue weighted by Crippen LogP contribution is -2.51. The van der Waals surface area contributed by atoms with Crippen LogP contribution in [0, 0.1) is 29.0 Å². The number of nitrogens with zero attached hydrogens (tertiary/aromatic N) is 1. The van der Waals surface area contributed by atoms with Crippen LogP contribution in [0.4, 0.5) is 4.39 Å². The first kappa shape index (κ1) is 20.5. The van der Waals surface area contributed by atoms with E-state index in [1.807, 2.05) is 0 Å². The van der Waals surface area contributed by atoms with Gasteiger partial charge in [-0.25, -0.2) is 12.8 Å². The van der Waals surface area contributed by atoms with Crippen LogP contribution >= 0.6 is 0 Å². The number of carbonyl (C=O) groups is 2. The van der Waals surface area contributed by atoms with Gasteiger partial charge in [-0.05, 0) is 80.5 Å². The molecule has 0 radical (unpaired) electrons. The smallest absolute Gasteiger partial charge is 0.321 e. The van der Waals surface area contributed by atoms with Crippen LogP contribution in [0.1, 0.15) is 38.5 Å². The molecule has 4 aliphatic rings. The Bertz CT molecular complexity index is 876. The number of hydrogen-bond donors (Lipinski definition) is 0. The van der Waals surface area contributed by atoms with Crippen molar-refractivity contribution in [3.8, 4) is 0 Å². The fourth-order valence-electron chi connectivity index (χ4n) is 5.85. The van der Waals surface area contributed by atoms with Gasteiger partial charge in [0, 0.05) is 12.5 Å². The molecule has 8 heteroatoms. The Hall–Kier alpha value is -1.80. The van der Waals surface area contributed by atoms with E-state index in [2.05, 4.69) is 0 Å². The average molecular weight is 424 g/mol. The lowest BCUT2D eigenvalue weighted by molar-refractivity contribution is -0.157. The minimum absolute atomic E-state index is 0.0194. The van der Waals surface area contributed by atoms with Gasteiger partial charge in [-0.3, -0.25) is 9.59 Å². The van der Waals surface area contributed by atoms with Crippen molar-refractivity contribution in [3.63, 3.8) is 0 Å². The second-order valence-corrected chi connectivity index (χ2v) is 11.0. The number of carbonyl (C=O) groups excluding carboxylic acids is 2. The first-order chi connectivity index (χ1) is 13.7. The van der Waals surface area contributed by atoms with Crippen LogP contribution in [-0.4, -0.2) is 44.7 Å². The van der Waals surface area contributed by atoms with Crippen LogP contribution in [0.25, 0.3) is 0 Å². The van der Waals surface area contributed by atoms with Gasteiger partial charge < -0.3 is 4.74 Å². The number of benzene rings is 1. The van der Waals surface area contributed by atoms with Crippen LogP contribution in [0.15, 0.2) is 29.2 Å². The summed E-state index contributed by atoms with van der Waals surface area (Å²) in [4.78, 5) is 25.0. The van der Waals surface area contributed by atoms with Crippen LogP contribution in [0.5, 0.6) is 0 Å². The van der Waals surface area contributed by atoms with Crippen LogP contribution in [0.2, 0.25) is 0 Å². The summed E-state index contributed by atoms with van der Waals surface area (Å²) in [6, 6.07) is 4.37. The number of ether oxygens (including phenoxy) is 1. The molecule has 4 fully saturated rings. The molecule has 4 bridgehead atoms. The van der Waals surface area contributed by atoms with Gasteiger partial charge in [0.25, 0.3) is 0 Å². The molecule has 0 atom stereocenters. The average Bonchev–Trinajstić information content (AvgIpc) is 2.65. The van der Waals surface area contributed by atoms with E-state index < -0.39 is 28.4 Å². The molecule has 1 aromatic rings. The van der Waals surface area contributed by atoms with Crippen molar-refractivity contribution in [2.24, 2.45) is 23.2 Å². The molecule has 0 N–H and O–H groups in total. The summed E-state index contributed by atoms with van der Waals surface area (Å²) >= 11 is 0. The van der Waals surface area contributed by atoms with Crippen molar-refractivity contribution in [2.45, 2.75) is 43.4 Å². The second kappa shape index (κ2) is 7.47. The van der Waals surface area contributed by atoms with Gasteiger partial charge in [-0.1, -0.05) is 0 Å². The number of sulfonamides is 1. The predicted molar refractivity (Wildman–Crippen MR) is 103 cm³/mol. The highest BCUT2D eigenvalue weighted by atomic mass is 32.2. The first-order valence-corrected chi connectivity index (χ1v) is 11.5. The molecule has 1 aromatic carbocycles.